The summed E-state index contributed by atoms with van der Waals surface area (Å²) in [7, 11) is 1.56. The van der Waals surface area contributed by atoms with Crippen LogP contribution in [0.15, 0.2) is 40.9 Å². The number of ether oxygens (including phenoxy) is 1. The number of nitrogens with zero attached hydrogens (tertiary/aromatic N) is 2. The number of hydrogen-bond donors (Lipinski definition) is 1. The first kappa shape index (κ1) is 14.8. The van der Waals surface area contributed by atoms with Gasteiger partial charge < -0.3 is 10.1 Å². The van der Waals surface area contributed by atoms with Gasteiger partial charge in [-0.05, 0) is 34.1 Å². The maximum atomic E-state index is 10.7. The number of rotatable bonds is 4. The van der Waals surface area contributed by atoms with Crippen molar-refractivity contribution in [2.45, 2.75) is 0 Å². The van der Waals surface area contributed by atoms with Gasteiger partial charge in [-0.2, -0.15) is 5.26 Å². The molecule has 0 radical (unpaired) electrons. The average molecular weight is 348 g/mol. The van der Waals surface area contributed by atoms with Crippen molar-refractivity contribution in [2.75, 3.05) is 12.4 Å². The van der Waals surface area contributed by atoms with Crippen LogP contribution >= 0.6 is 15.9 Å². The third kappa shape index (κ3) is 3.30. The first-order valence-corrected chi connectivity index (χ1v) is 6.63. The van der Waals surface area contributed by atoms with Gasteiger partial charge in [0.25, 0.3) is 5.69 Å². The Kier molecular flexibility index (Phi) is 4.40. The topological polar surface area (TPSA) is 88.2 Å². The molecule has 0 atom stereocenters. The van der Waals surface area contributed by atoms with Crippen LogP contribution in [0.4, 0.5) is 17.1 Å². The third-order valence-corrected chi connectivity index (χ3v) is 3.47. The maximum absolute atomic E-state index is 10.7. The summed E-state index contributed by atoms with van der Waals surface area (Å²) >= 11 is 3.39. The lowest BCUT2D eigenvalue weighted by atomic mass is 10.1. The molecule has 0 amide bonds. The van der Waals surface area contributed by atoms with Crippen molar-refractivity contribution in [2.24, 2.45) is 0 Å². The molecule has 2 rings (SSSR count). The molecule has 7 heteroatoms. The molecular weight excluding hydrogens is 338 g/mol. The lowest BCUT2D eigenvalue weighted by molar-refractivity contribution is -0.384. The number of non-ortho nitro benzene ring substituents is 1. The van der Waals surface area contributed by atoms with Gasteiger partial charge in [-0.3, -0.25) is 10.1 Å². The van der Waals surface area contributed by atoms with Crippen LogP contribution in [0, 0.1) is 21.4 Å². The molecule has 0 saturated carbocycles. The predicted molar refractivity (Wildman–Crippen MR) is 81.8 cm³/mol. The highest BCUT2D eigenvalue weighted by molar-refractivity contribution is 9.10. The highest BCUT2D eigenvalue weighted by Crippen LogP contribution is 2.31. The molecule has 2 aromatic carbocycles. The van der Waals surface area contributed by atoms with Gasteiger partial charge in [0, 0.05) is 22.7 Å². The van der Waals surface area contributed by atoms with Gasteiger partial charge in [0.2, 0.25) is 0 Å². The van der Waals surface area contributed by atoms with Gasteiger partial charge in [0.1, 0.15) is 11.8 Å². The van der Waals surface area contributed by atoms with E-state index in [9.17, 15) is 10.1 Å². The van der Waals surface area contributed by atoms with Crippen LogP contribution in [0.2, 0.25) is 0 Å². The number of nitriles is 1. The summed E-state index contributed by atoms with van der Waals surface area (Å²) < 4.78 is 5.92. The van der Waals surface area contributed by atoms with E-state index in [-0.39, 0.29) is 11.3 Å². The molecule has 2 aromatic rings. The van der Waals surface area contributed by atoms with Crippen molar-refractivity contribution in [1.29, 1.82) is 5.26 Å². The van der Waals surface area contributed by atoms with Crippen molar-refractivity contribution < 1.29 is 9.66 Å². The summed E-state index contributed by atoms with van der Waals surface area (Å²) in [5.74, 6) is 0.654. The van der Waals surface area contributed by atoms with E-state index in [4.69, 9.17) is 10.00 Å². The zero-order chi connectivity index (χ0) is 15.4. The number of nitro groups is 1. The van der Waals surface area contributed by atoms with Crippen LogP contribution in [0.3, 0.4) is 0 Å². The van der Waals surface area contributed by atoms with E-state index in [0.717, 1.165) is 4.47 Å². The van der Waals surface area contributed by atoms with E-state index in [0.29, 0.717) is 17.1 Å². The van der Waals surface area contributed by atoms with Crippen LogP contribution in [-0.2, 0) is 0 Å². The smallest absolute Gasteiger partial charge is 0.270 e. The molecule has 1 N–H and O–H groups in total. The number of nitro benzene ring substituents is 1. The van der Waals surface area contributed by atoms with Crippen molar-refractivity contribution in [3.63, 3.8) is 0 Å². The lowest BCUT2D eigenvalue weighted by Crippen LogP contribution is -1.97. The second-order valence-corrected chi connectivity index (χ2v) is 4.92. The molecule has 21 heavy (non-hydrogen) atoms. The van der Waals surface area contributed by atoms with Gasteiger partial charge in [-0.1, -0.05) is 0 Å². The molecule has 0 bridgehead atoms. The molecule has 106 valence electrons. The summed E-state index contributed by atoms with van der Waals surface area (Å²) in [4.78, 5) is 10.2. The van der Waals surface area contributed by atoms with E-state index < -0.39 is 4.92 Å². The van der Waals surface area contributed by atoms with E-state index in [2.05, 4.69) is 21.2 Å². The lowest BCUT2D eigenvalue weighted by Gasteiger charge is -2.11. The first-order valence-electron chi connectivity index (χ1n) is 5.84. The predicted octanol–water partition coefficient (Wildman–Crippen LogP) is 3.98. The molecule has 0 aromatic heterocycles. The zero-order valence-corrected chi connectivity index (χ0v) is 12.5. The Labute approximate surface area is 129 Å². The minimum Gasteiger partial charge on any atom is -0.497 e. The van der Waals surface area contributed by atoms with Crippen molar-refractivity contribution >= 4 is 33.0 Å². The van der Waals surface area contributed by atoms with Crippen LogP contribution in [0.1, 0.15) is 5.56 Å². The maximum Gasteiger partial charge on any atom is 0.270 e. The van der Waals surface area contributed by atoms with Gasteiger partial charge in [-0.15, -0.1) is 0 Å². The first-order chi connectivity index (χ1) is 10.0. The fourth-order valence-electron chi connectivity index (χ4n) is 1.72. The Balaban J connectivity index is 2.40. The quantitative estimate of drug-likeness (QED) is 0.667. The fourth-order valence-corrected chi connectivity index (χ4v) is 2.07. The Morgan fingerprint density at radius 1 is 1.29 bits per heavy atom. The summed E-state index contributed by atoms with van der Waals surface area (Å²) in [6.45, 7) is 0. The Morgan fingerprint density at radius 3 is 2.67 bits per heavy atom. The fraction of sp³-hybridized carbons (Fsp3) is 0.0714. The van der Waals surface area contributed by atoms with E-state index >= 15 is 0 Å². The van der Waals surface area contributed by atoms with Gasteiger partial charge in [0.15, 0.2) is 0 Å². The molecule has 0 fully saturated rings. The second-order valence-electron chi connectivity index (χ2n) is 4.07. The van der Waals surface area contributed by atoms with Crippen LogP contribution < -0.4 is 10.1 Å². The zero-order valence-electron chi connectivity index (χ0n) is 11.0. The minimum atomic E-state index is -0.536. The standard InChI is InChI=1S/C14H10BrN3O3/c1-21-11-3-4-12(15)14(7-11)17-13-5-2-10(18(19)20)6-9(13)8-16/h2-7,17H,1H3. The second kappa shape index (κ2) is 6.24. The van der Waals surface area contributed by atoms with Gasteiger partial charge in [-0.25, -0.2) is 0 Å². The number of anilines is 2. The van der Waals surface area contributed by atoms with E-state index in [1.807, 2.05) is 6.07 Å². The van der Waals surface area contributed by atoms with Crippen LogP contribution in [0.25, 0.3) is 0 Å². The third-order valence-electron chi connectivity index (χ3n) is 2.78. The summed E-state index contributed by atoms with van der Waals surface area (Å²) in [6, 6.07) is 11.4. The molecular formula is C14H10BrN3O3. The number of nitrogens with one attached hydrogen (secondary N) is 1. The normalized spacial score (nSPS) is 9.76. The Bertz CT molecular complexity index is 741. The summed E-state index contributed by atoms with van der Waals surface area (Å²) in [5.41, 5.74) is 1.25. The van der Waals surface area contributed by atoms with E-state index in [1.165, 1.54) is 18.2 Å². The van der Waals surface area contributed by atoms with Crippen molar-refractivity contribution in [3.8, 4) is 11.8 Å². The SMILES string of the molecule is COc1ccc(Br)c(Nc2ccc([N+](=O)[O-])cc2C#N)c1. The number of halogens is 1. The molecule has 0 saturated heterocycles. The molecule has 0 heterocycles. The monoisotopic (exact) mass is 347 g/mol. The number of benzene rings is 2. The van der Waals surface area contributed by atoms with Crippen LogP contribution in [-0.4, -0.2) is 12.0 Å². The number of methoxy groups -OCH3 is 1. The highest BCUT2D eigenvalue weighted by atomic mass is 79.9. The molecule has 0 unspecified atom stereocenters. The molecule has 0 aliphatic carbocycles. The van der Waals surface area contributed by atoms with E-state index in [1.54, 1.807) is 25.3 Å². The molecule has 6 nitrogen and oxygen atoms in total. The molecule has 0 aliphatic rings. The Morgan fingerprint density at radius 2 is 2.05 bits per heavy atom. The largest absolute Gasteiger partial charge is 0.497 e. The number of hydrogen-bond acceptors (Lipinski definition) is 5. The molecule has 0 aliphatic heterocycles. The van der Waals surface area contributed by atoms with Gasteiger partial charge >= 0.3 is 0 Å². The van der Waals surface area contributed by atoms with Crippen LogP contribution in [0.5, 0.6) is 5.75 Å². The summed E-state index contributed by atoms with van der Waals surface area (Å²) in [6.07, 6.45) is 0. The van der Waals surface area contributed by atoms with Crippen molar-refractivity contribution in [3.05, 3.63) is 56.5 Å². The molecule has 0 spiro atoms. The average Bonchev–Trinajstić information content (AvgIpc) is 2.49. The van der Waals surface area contributed by atoms with Gasteiger partial charge in [0.05, 0.1) is 29.0 Å². The Hall–Kier alpha value is -2.59. The highest BCUT2D eigenvalue weighted by Gasteiger charge is 2.12. The van der Waals surface area contributed by atoms with Crippen molar-refractivity contribution in [1.82, 2.24) is 0 Å². The summed E-state index contributed by atoms with van der Waals surface area (Å²) in [5, 5.41) is 22.9. The minimum absolute atomic E-state index is 0.123.